The highest BCUT2D eigenvalue weighted by Crippen LogP contribution is 2.03. The monoisotopic (exact) mass is 167 g/mol. The second-order valence-corrected chi connectivity index (χ2v) is 2.76. The lowest BCUT2D eigenvalue weighted by atomic mass is 10.1. The van der Waals surface area contributed by atoms with Crippen molar-refractivity contribution in [2.24, 2.45) is 5.73 Å². The summed E-state index contributed by atoms with van der Waals surface area (Å²) in [6, 6.07) is 8.86. The summed E-state index contributed by atoms with van der Waals surface area (Å²) in [7, 11) is 0. The maximum atomic E-state index is 8.97. The number of hydrogen-bond acceptors (Lipinski definition) is 2. The molecule has 0 aliphatic rings. The van der Waals surface area contributed by atoms with Crippen LogP contribution in [0.15, 0.2) is 30.3 Å². The molecule has 0 fully saturated rings. The first-order valence-corrected chi connectivity index (χ1v) is 4.02. The van der Waals surface area contributed by atoms with Crippen LogP contribution < -0.4 is 5.73 Å². The highest BCUT2D eigenvalue weighted by Gasteiger charge is 1.99. The summed E-state index contributed by atoms with van der Waals surface area (Å²) >= 11 is 0. The molecule has 0 saturated carbocycles. The predicted octanol–water partition coefficient (Wildman–Crippen LogP) is 0.939. The first-order chi connectivity index (χ1) is 6.50. The molecule has 2 heteroatoms. The van der Waals surface area contributed by atoms with Crippen molar-refractivity contribution in [1.82, 2.24) is 0 Å². The predicted molar refractivity (Wildman–Crippen MR) is 49.8 cm³/mol. The highest BCUT2D eigenvalue weighted by molar-refractivity contribution is 5.14. The van der Waals surface area contributed by atoms with Gasteiger partial charge in [0.25, 0.3) is 0 Å². The van der Waals surface area contributed by atoms with Gasteiger partial charge in [-0.3, -0.25) is 0 Å². The molecule has 1 rings (SSSR count). The van der Waals surface area contributed by atoms with E-state index in [1.807, 2.05) is 30.3 Å². The Labute approximate surface area is 75.8 Å². The van der Waals surface area contributed by atoms with Crippen LogP contribution >= 0.6 is 0 Å². The summed E-state index contributed by atoms with van der Waals surface area (Å²) in [5, 5.41) is 8.97. The Bertz CT molecular complexity index is 271. The average Bonchev–Trinajstić information content (AvgIpc) is 2.14. The number of hydrogen-bond donors (Lipinski definition) is 2. The zero-order valence-electron chi connectivity index (χ0n) is 8.90. The van der Waals surface area contributed by atoms with Crippen molar-refractivity contribution in [2.45, 2.75) is 18.9 Å². The van der Waals surface area contributed by atoms with Crippen LogP contribution in [0.5, 0.6) is 0 Å². The summed E-state index contributed by atoms with van der Waals surface area (Å²) in [5.74, 6) is 0. The smallest absolute Gasteiger partial charge is 0.0582 e. The van der Waals surface area contributed by atoms with Gasteiger partial charge < -0.3 is 10.8 Å². The van der Waals surface area contributed by atoms with Gasteiger partial charge in [-0.25, -0.2) is 0 Å². The van der Waals surface area contributed by atoms with E-state index in [1.54, 1.807) is 0 Å². The molecule has 12 heavy (non-hydrogen) atoms. The quantitative estimate of drug-likeness (QED) is 0.701. The van der Waals surface area contributed by atoms with Gasteiger partial charge in [0.1, 0.15) is 0 Å². The molecule has 1 atom stereocenters. The summed E-state index contributed by atoms with van der Waals surface area (Å²) in [6.45, 7) is -2.28. The molecule has 3 N–H and O–H groups in total. The van der Waals surface area contributed by atoms with E-state index in [-0.39, 0.29) is 0 Å². The van der Waals surface area contributed by atoms with Crippen LogP contribution in [0.3, 0.4) is 0 Å². The molecular weight excluding hydrogens is 150 g/mol. The lowest BCUT2D eigenvalue weighted by Crippen LogP contribution is -2.24. The van der Waals surface area contributed by atoms with E-state index in [2.05, 4.69) is 0 Å². The average molecular weight is 167 g/mol. The van der Waals surface area contributed by atoms with E-state index >= 15 is 0 Å². The Morgan fingerprint density at radius 3 is 2.67 bits per heavy atom. The van der Waals surface area contributed by atoms with Gasteiger partial charge in [-0.05, 0) is 18.4 Å². The molecular formula is C10H15NO. The van der Waals surface area contributed by atoms with Crippen molar-refractivity contribution in [3.05, 3.63) is 35.9 Å². The van der Waals surface area contributed by atoms with Crippen molar-refractivity contribution >= 4 is 0 Å². The third kappa shape index (κ3) is 3.03. The van der Waals surface area contributed by atoms with Crippen LogP contribution in [0.2, 0.25) is 0 Å². The van der Waals surface area contributed by atoms with Gasteiger partial charge >= 0.3 is 0 Å². The standard InChI is InChI=1S/C10H15NO/c11-10(8-12)7-6-9-4-2-1-3-5-9/h1-5,10,12H,6-8,11H2/t10-/m0/s1/i8D2. The minimum Gasteiger partial charge on any atom is -0.395 e. The zero-order valence-corrected chi connectivity index (χ0v) is 6.90. The van der Waals surface area contributed by atoms with Crippen molar-refractivity contribution < 1.29 is 7.85 Å². The molecule has 0 spiro atoms. The molecule has 0 aliphatic carbocycles. The Hall–Kier alpha value is -0.860. The lowest BCUT2D eigenvalue weighted by molar-refractivity contribution is 0.260. The number of rotatable bonds is 4. The maximum absolute atomic E-state index is 8.97. The SMILES string of the molecule is [2H]C([2H])(O)[C@@H](N)CCc1ccccc1. The highest BCUT2D eigenvalue weighted by atomic mass is 16.3. The first-order valence-electron chi connectivity index (χ1n) is 5.02. The topological polar surface area (TPSA) is 46.2 Å². The van der Waals surface area contributed by atoms with Crippen molar-refractivity contribution in [2.75, 3.05) is 6.56 Å². The van der Waals surface area contributed by atoms with E-state index in [0.717, 1.165) is 5.56 Å². The van der Waals surface area contributed by atoms with E-state index in [0.29, 0.717) is 12.8 Å². The third-order valence-corrected chi connectivity index (χ3v) is 1.75. The Morgan fingerprint density at radius 2 is 2.08 bits per heavy atom. The summed E-state index contributed by atoms with van der Waals surface area (Å²) in [6.07, 6.45) is 1.12. The van der Waals surface area contributed by atoms with Crippen LogP contribution in [0, 0.1) is 0 Å². The molecule has 0 aromatic heterocycles. The van der Waals surface area contributed by atoms with Gasteiger partial charge in [0, 0.05) is 6.04 Å². The second kappa shape index (κ2) is 4.91. The molecule has 1 aromatic rings. The summed E-state index contributed by atoms with van der Waals surface area (Å²) in [5.41, 5.74) is 6.58. The van der Waals surface area contributed by atoms with Crippen LogP contribution in [-0.4, -0.2) is 17.7 Å². The van der Waals surface area contributed by atoms with Crippen molar-refractivity contribution in [1.29, 1.82) is 0 Å². The summed E-state index contributed by atoms with van der Waals surface area (Å²) in [4.78, 5) is 0. The van der Waals surface area contributed by atoms with Gasteiger partial charge in [-0.1, -0.05) is 30.3 Å². The normalized spacial score (nSPS) is 16.5. The second-order valence-electron chi connectivity index (χ2n) is 2.76. The Morgan fingerprint density at radius 1 is 1.42 bits per heavy atom. The fourth-order valence-electron chi connectivity index (χ4n) is 1.03. The maximum Gasteiger partial charge on any atom is 0.0582 e. The number of nitrogens with two attached hydrogens (primary N) is 1. The van der Waals surface area contributed by atoms with Crippen molar-refractivity contribution in [3.63, 3.8) is 0 Å². The Kier molecular flexibility index (Phi) is 2.71. The Balaban J connectivity index is 2.42. The molecule has 0 amide bonds. The minimum atomic E-state index is -2.28. The van der Waals surface area contributed by atoms with E-state index in [9.17, 15) is 0 Å². The fourth-order valence-corrected chi connectivity index (χ4v) is 1.03. The van der Waals surface area contributed by atoms with Gasteiger partial charge in [-0.2, -0.15) is 0 Å². The molecule has 0 bridgehead atoms. The number of benzene rings is 1. The molecule has 0 saturated heterocycles. The zero-order chi connectivity index (χ0) is 10.6. The van der Waals surface area contributed by atoms with Crippen LogP contribution in [0.1, 0.15) is 14.7 Å². The third-order valence-electron chi connectivity index (χ3n) is 1.75. The van der Waals surface area contributed by atoms with Crippen LogP contribution in [0.25, 0.3) is 0 Å². The van der Waals surface area contributed by atoms with Gasteiger partial charge in [-0.15, -0.1) is 0 Å². The van der Waals surface area contributed by atoms with Gasteiger partial charge in [0.05, 0.1) is 9.30 Å². The summed E-state index contributed by atoms with van der Waals surface area (Å²) < 4.78 is 14.0. The van der Waals surface area contributed by atoms with E-state index in [4.69, 9.17) is 13.6 Å². The van der Waals surface area contributed by atoms with Crippen LogP contribution in [0.4, 0.5) is 0 Å². The molecule has 0 radical (unpaired) electrons. The van der Waals surface area contributed by atoms with E-state index in [1.165, 1.54) is 0 Å². The minimum absolute atomic E-state index is 0.438. The van der Waals surface area contributed by atoms with Gasteiger partial charge in [0.15, 0.2) is 0 Å². The molecule has 0 aliphatic heterocycles. The molecule has 2 nitrogen and oxygen atoms in total. The molecule has 0 heterocycles. The molecule has 0 unspecified atom stereocenters. The van der Waals surface area contributed by atoms with Gasteiger partial charge in [0.2, 0.25) is 0 Å². The molecule has 1 aromatic carbocycles. The fraction of sp³-hybridized carbons (Fsp3) is 0.400. The molecule has 66 valence electrons. The number of aryl methyl sites for hydroxylation is 1. The first kappa shape index (κ1) is 6.63. The number of aliphatic hydroxyl groups is 1. The van der Waals surface area contributed by atoms with Crippen LogP contribution in [-0.2, 0) is 6.42 Å². The van der Waals surface area contributed by atoms with Crippen molar-refractivity contribution in [3.8, 4) is 0 Å². The largest absolute Gasteiger partial charge is 0.395 e. The lowest BCUT2D eigenvalue weighted by Gasteiger charge is -2.06. The van der Waals surface area contributed by atoms with E-state index < -0.39 is 12.6 Å².